The fourth-order valence-corrected chi connectivity index (χ4v) is 0. The number of rotatable bonds is 0. The molecule has 23 heavy (non-hydrogen) atoms. The van der Waals surface area contributed by atoms with Gasteiger partial charge < -0.3 is 71.5 Å². The van der Waals surface area contributed by atoms with Crippen LogP contribution in [-0.2, 0) is 9.59 Å². The summed E-state index contributed by atoms with van der Waals surface area (Å²) in [5.74, 6) is -3.65. The van der Waals surface area contributed by atoms with Crippen LogP contribution in [0.3, 0.4) is 0 Å². The SMILES string of the molecule is O=C(O)C(=O)O.O=[N+]([O-])[O-].O=[N+]([O-])[O-].O=[N+]([O-])[O-].O=[N+]([O-])[O-].[Th+4]. The Labute approximate surface area is 153 Å². The number of carbonyl (C=O) groups is 2. The molecule has 0 aromatic rings. The Kier molecular flexibility index (Phi) is 43.9. The zero-order valence-corrected chi connectivity index (χ0v) is 14.0. The molecule has 0 fully saturated rings. The zero-order chi connectivity index (χ0) is 19.5. The quantitative estimate of drug-likeness (QED) is 0.184. The summed E-state index contributed by atoms with van der Waals surface area (Å²) >= 11 is 0. The van der Waals surface area contributed by atoms with Gasteiger partial charge in [0.15, 0.2) is 0 Å². The molecule has 0 aliphatic carbocycles. The van der Waals surface area contributed by atoms with E-state index < -0.39 is 32.3 Å². The Hall–Kier alpha value is -2.94. The van der Waals surface area contributed by atoms with Crippen LogP contribution >= 0.6 is 0 Å². The average molecular weight is 570 g/mol. The minimum atomic E-state index is -1.82. The maximum absolute atomic E-state index is 9.10. The van der Waals surface area contributed by atoms with E-state index in [9.17, 15) is 0 Å². The molecule has 0 aliphatic rings. The van der Waals surface area contributed by atoms with Crippen molar-refractivity contribution in [2.45, 2.75) is 0 Å². The predicted octanol–water partition coefficient (Wildman–Crippen LogP) is -1.80. The summed E-state index contributed by atoms with van der Waals surface area (Å²) in [4.78, 5) is 51.2. The first kappa shape index (κ1) is 36.9. The first-order valence-corrected chi connectivity index (χ1v) is 3.30. The smallest absolute Gasteiger partial charge is 0.473 e. The molecule has 21 heteroatoms. The van der Waals surface area contributed by atoms with E-state index in [4.69, 9.17) is 81.1 Å². The maximum Gasteiger partial charge on any atom is 4.00 e. The molecule has 2 N–H and O–H groups in total. The second kappa shape index (κ2) is 27.4. The van der Waals surface area contributed by atoms with Crippen molar-refractivity contribution >= 4 is 11.9 Å². The van der Waals surface area contributed by atoms with Crippen molar-refractivity contribution in [3.05, 3.63) is 61.3 Å². The van der Waals surface area contributed by atoms with Crippen molar-refractivity contribution in [3.63, 3.8) is 0 Å². The summed E-state index contributed by atoms with van der Waals surface area (Å²) in [5.41, 5.74) is 0. The van der Waals surface area contributed by atoms with Crippen LogP contribution in [0.15, 0.2) is 0 Å². The zero-order valence-electron chi connectivity index (χ0n) is 9.90. The van der Waals surface area contributed by atoms with Crippen LogP contribution in [0.25, 0.3) is 0 Å². The van der Waals surface area contributed by atoms with Crippen LogP contribution in [0.4, 0.5) is 0 Å². The monoisotopic (exact) mass is 570 g/mol. The van der Waals surface area contributed by atoms with E-state index in [1.165, 1.54) is 0 Å². The average Bonchev–Trinajstić information content (AvgIpc) is 2.12. The molecule has 0 radical (unpaired) electrons. The Morgan fingerprint density at radius 1 is 0.522 bits per heavy atom. The van der Waals surface area contributed by atoms with Gasteiger partial charge in [0.05, 0.1) is 20.3 Å². The second-order valence-corrected chi connectivity index (χ2v) is 1.50. The number of hydrogen-bond acceptors (Lipinski definition) is 14. The molecule has 0 aliphatic heterocycles. The molecule has 0 rings (SSSR count). The maximum atomic E-state index is 9.10. The van der Waals surface area contributed by atoms with Crippen molar-refractivity contribution in [3.8, 4) is 0 Å². The van der Waals surface area contributed by atoms with Crippen molar-refractivity contribution in [2.24, 2.45) is 0 Å². The molecule has 0 aromatic carbocycles. The standard InChI is InChI=1S/C2H2O4.4NO3.Th/c3-1(4)2(5)6;4*2-1(3)4;/h(H,3,4)(H,5,6);;;;;/q;4*-1;+4. The Morgan fingerprint density at radius 2 is 0.565 bits per heavy atom. The molecule has 0 heterocycles. The molecule has 0 spiro atoms. The van der Waals surface area contributed by atoms with E-state index in [1.54, 1.807) is 0 Å². The van der Waals surface area contributed by atoms with E-state index in [1.807, 2.05) is 0 Å². The number of carboxylic acids is 2. The summed E-state index contributed by atoms with van der Waals surface area (Å²) < 4.78 is 0. The van der Waals surface area contributed by atoms with Crippen LogP contribution in [-0.4, -0.2) is 42.5 Å². The number of aliphatic carboxylic acids is 2. The summed E-state index contributed by atoms with van der Waals surface area (Å²) in [5, 5.41) is 73.8. The van der Waals surface area contributed by atoms with Crippen molar-refractivity contribution in [1.29, 1.82) is 0 Å². The number of hydrogen-bond donors (Lipinski definition) is 2. The van der Waals surface area contributed by atoms with Gasteiger partial charge in [-0.05, 0) is 0 Å². The summed E-state index contributed by atoms with van der Waals surface area (Å²) in [6, 6.07) is 0. The first-order valence-electron chi connectivity index (χ1n) is 3.30. The van der Waals surface area contributed by atoms with Crippen molar-refractivity contribution < 1.29 is 80.1 Å². The number of carboxylic acid groups (broad SMARTS) is 2. The van der Waals surface area contributed by atoms with E-state index >= 15 is 0 Å². The van der Waals surface area contributed by atoms with Gasteiger partial charge >= 0.3 is 51.9 Å². The third-order valence-corrected chi connectivity index (χ3v) is 0.183. The molecule has 0 unspecified atom stereocenters. The van der Waals surface area contributed by atoms with Crippen LogP contribution in [0.5, 0.6) is 0 Å². The second-order valence-electron chi connectivity index (χ2n) is 1.50. The Balaban J connectivity index is -0.0000000393. The van der Waals surface area contributed by atoms with Gasteiger partial charge in [0.1, 0.15) is 0 Å². The molecule has 0 bridgehead atoms. The van der Waals surface area contributed by atoms with Gasteiger partial charge in [-0.3, -0.25) is 0 Å². The molecule has 130 valence electrons. The van der Waals surface area contributed by atoms with Crippen molar-refractivity contribution in [2.75, 3.05) is 0 Å². The third-order valence-electron chi connectivity index (χ3n) is 0.183. The molecule has 0 atom stereocenters. The molecular weight excluding hydrogens is 568 g/mol. The van der Waals surface area contributed by atoms with E-state index in [0.29, 0.717) is 0 Å². The van der Waals surface area contributed by atoms with Gasteiger partial charge in [-0.25, -0.2) is 9.59 Å². The van der Waals surface area contributed by atoms with E-state index in [-0.39, 0.29) is 39.9 Å². The fourth-order valence-electron chi connectivity index (χ4n) is 0. The predicted molar refractivity (Wildman–Crippen MR) is 56.7 cm³/mol. The third kappa shape index (κ3) is 4900. The van der Waals surface area contributed by atoms with Gasteiger partial charge in [0, 0.05) is 0 Å². The van der Waals surface area contributed by atoms with Crippen LogP contribution in [0.1, 0.15) is 0 Å². The van der Waals surface area contributed by atoms with Gasteiger partial charge in [0.25, 0.3) is 0 Å². The van der Waals surface area contributed by atoms with Gasteiger partial charge in [0.2, 0.25) is 0 Å². The van der Waals surface area contributed by atoms with Crippen LogP contribution in [0.2, 0.25) is 0 Å². The minimum absolute atomic E-state index is 0. The van der Waals surface area contributed by atoms with Crippen LogP contribution in [0, 0.1) is 101 Å². The van der Waals surface area contributed by atoms with Gasteiger partial charge in [-0.1, -0.05) is 0 Å². The fraction of sp³-hybridized carbons (Fsp3) is 0. The van der Waals surface area contributed by atoms with Gasteiger partial charge in [-0.15, -0.1) is 0 Å². The topological polar surface area (TPSA) is 339 Å². The summed E-state index contributed by atoms with van der Waals surface area (Å²) in [7, 11) is 0. The Morgan fingerprint density at radius 3 is 0.565 bits per heavy atom. The normalized spacial score (nSPS) is 6.09. The van der Waals surface area contributed by atoms with E-state index in [0.717, 1.165) is 0 Å². The summed E-state index contributed by atoms with van der Waals surface area (Å²) in [6.07, 6.45) is 0. The van der Waals surface area contributed by atoms with Gasteiger partial charge in [-0.2, -0.15) is 0 Å². The molecular formula is C2H2N4O16Th. The Bertz CT molecular complexity index is 302. The number of nitrogens with zero attached hydrogens (tertiary/aromatic N) is 4. The minimum Gasteiger partial charge on any atom is -0.473 e. The molecule has 20 nitrogen and oxygen atoms in total. The largest absolute Gasteiger partial charge is 4.00 e. The first-order chi connectivity index (χ1) is 9.57. The molecule has 0 aromatic heterocycles. The summed E-state index contributed by atoms with van der Waals surface area (Å²) in [6.45, 7) is 0. The molecule has 0 saturated carbocycles. The van der Waals surface area contributed by atoms with E-state index in [2.05, 4.69) is 0 Å². The molecule has 0 amide bonds. The van der Waals surface area contributed by atoms with Crippen LogP contribution < -0.4 is 0 Å². The molecule has 0 saturated heterocycles. The van der Waals surface area contributed by atoms with Crippen molar-refractivity contribution in [1.82, 2.24) is 0 Å².